The van der Waals surface area contributed by atoms with Crippen LogP contribution in [0.5, 0.6) is 0 Å². The largest absolute Gasteiger partial charge is 0.496 e. The predicted molar refractivity (Wildman–Crippen MR) is 151 cm³/mol. The van der Waals surface area contributed by atoms with Crippen molar-refractivity contribution < 1.29 is 14.2 Å². The van der Waals surface area contributed by atoms with E-state index in [0.29, 0.717) is 19.0 Å². The standard InChI is InChI=1S/C30H34ClNO3S/c1-6-32(27-18-23(12-11-20(27)2)13-14-29-34-15-16-35-29)28-19-24(30(36-28)22(4)33-5)17-21(3)25-9-7-8-10-26(25)31/h6-12,18-19,21,29H,1,4,13-17H2,2-3,5H3. The number of ether oxygens (including phenoxy) is 3. The van der Waals surface area contributed by atoms with Crippen LogP contribution in [-0.2, 0) is 27.1 Å². The zero-order valence-corrected chi connectivity index (χ0v) is 22.8. The first-order chi connectivity index (χ1) is 17.4. The lowest BCUT2D eigenvalue weighted by atomic mass is 9.93. The van der Waals surface area contributed by atoms with E-state index in [1.165, 1.54) is 16.7 Å². The highest BCUT2D eigenvalue weighted by atomic mass is 35.5. The predicted octanol–water partition coefficient (Wildman–Crippen LogP) is 8.26. The van der Waals surface area contributed by atoms with Crippen molar-refractivity contribution in [1.29, 1.82) is 0 Å². The third-order valence-corrected chi connectivity index (χ3v) is 8.13. The van der Waals surface area contributed by atoms with E-state index in [-0.39, 0.29) is 12.2 Å². The van der Waals surface area contributed by atoms with Crippen LogP contribution in [-0.4, -0.2) is 26.6 Å². The summed E-state index contributed by atoms with van der Waals surface area (Å²) in [5.74, 6) is 0.908. The zero-order chi connectivity index (χ0) is 25.7. The molecule has 0 amide bonds. The molecular weight excluding hydrogens is 490 g/mol. The monoisotopic (exact) mass is 523 g/mol. The summed E-state index contributed by atoms with van der Waals surface area (Å²) in [6.45, 7) is 14.0. The van der Waals surface area contributed by atoms with E-state index >= 15 is 0 Å². The van der Waals surface area contributed by atoms with E-state index in [1.807, 2.05) is 24.4 Å². The summed E-state index contributed by atoms with van der Waals surface area (Å²) in [5.41, 5.74) is 5.86. The molecule has 1 unspecified atom stereocenters. The van der Waals surface area contributed by atoms with Gasteiger partial charge in [0.25, 0.3) is 0 Å². The van der Waals surface area contributed by atoms with Gasteiger partial charge in [0.1, 0.15) is 10.8 Å². The SMILES string of the molecule is C=CN(c1cc(CC(C)c2ccccc2Cl)c(C(=C)OC)s1)c1cc(CCC2OCCO2)ccc1C. The Bertz CT molecular complexity index is 1210. The van der Waals surface area contributed by atoms with E-state index in [9.17, 15) is 0 Å². The molecule has 4 rings (SSSR count). The fraction of sp³-hybridized carbons (Fsp3) is 0.333. The van der Waals surface area contributed by atoms with Crippen molar-refractivity contribution >= 4 is 39.4 Å². The van der Waals surface area contributed by atoms with Crippen LogP contribution >= 0.6 is 22.9 Å². The number of halogens is 1. The fourth-order valence-electron chi connectivity index (χ4n) is 4.56. The van der Waals surface area contributed by atoms with Crippen LogP contribution in [0.1, 0.15) is 46.4 Å². The number of methoxy groups -OCH3 is 1. The third kappa shape index (κ3) is 6.04. The number of anilines is 2. The first-order valence-electron chi connectivity index (χ1n) is 12.3. The molecule has 4 nitrogen and oxygen atoms in total. The maximum Gasteiger partial charge on any atom is 0.158 e. The van der Waals surface area contributed by atoms with E-state index in [2.05, 4.69) is 62.2 Å². The molecule has 36 heavy (non-hydrogen) atoms. The summed E-state index contributed by atoms with van der Waals surface area (Å²) < 4.78 is 16.8. The minimum atomic E-state index is -0.104. The van der Waals surface area contributed by atoms with Crippen LogP contribution in [0.4, 0.5) is 10.7 Å². The summed E-state index contributed by atoms with van der Waals surface area (Å²) in [6, 6.07) is 16.9. The van der Waals surface area contributed by atoms with Gasteiger partial charge in [-0.2, -0.15) is 0 Å². The molecule has 190 valence electrons. The van der Waals surface area contributed by atoms with Gasteiger partial charge in [0.15, 0.2) is 6.29 Å². The molecule has 1 aromatic heterocycles. The molecule has 0 radical (unpaired) electrons. The zero-order valence-electron chi connectivity index (χ0n) is 21.3. The maximum absolute atomic E-state index is 6.50. The van der Waals surface area contributed by atoms with Gasteiger partial charge in [-0.05, 0) is 66.1 Å². The normalized spacial score (nSPS) is 14.6. The van der Waals surface area contributed by atoms with Gasteiger partial charge in [0, 0.05) is 23.3 Å². The smallest absolute Gasteiger partial charge is 0.158 e. The van der Waals surface area contributed by atoms with Crippen molar-refractivity contribution in [3.05, 3.63) is 100 Å². The Morgan fingerprint density at radius 2 is 1.97 bits per heavy atom. The van der Waals surface area contributed by atoms with Gasteiger partial charge in [-0.15, -0.1) is 11.3 Å². The second-order valence-electron chi connectivity index (χ2n) is 9.08. The molecule has 0 bridgehead atoms. The number of rotatable bonds is 11. The molecule has 3 aromatic rings. The molecule has 2 aromatic carbocycles. The third-order valence-electron chi connectivity index (χ3n) is 6.57. The molecule has 1 aliphatic rings. The van der Waals surface area contributed by atoms with E-state index in [4.69, 9.17) is 25.8 Å². The Labute approximate surface area is 223 Å². The fourth-order valence-corrected chi connectivity index (χ4v) is 6.04. The highest BCUT2D eigenvalue weighted by molar-refractivity contribution is 7.17. The number of nitrogens with zero attached hydrogens (tertiary/aromatic N) is 1. The van der Waals surface area contributed by atoms with E-state index in [0.717, 1.165) is 45.4 Å². The Morgan fingerprint density at radius 1 is 1.22 bits per heavy atom. The number of hydrogen-bond donors (Lipinski definition) is 0. The highest BCUT2D eigenvalue weighted by Crippen LogP contribution is 2.41. The van der Waals surface area contributed by atoms with Crippen molar-refractivity contribution in [2.75, 3.05) is 25.2 Å². The van der Waals surface area contributed by atoms with Gasteiger partial charge in [-0.1, -0.05) is 62.0 Å². The van der Waals surface area contributed by atoms with Gasteiger partial charge < -0.3 is 19.1 Å². The Balaban J connectivity index is 1.62. The highest BCUT2D eigenvalue weighted by Gasteiger charge is 2.21. The van der Waals surface area contributed by atoms with Crippen molar-refractivity contribution in [2.45, 2.75) is 45.3 Å². The van der Waals surface area contributed by atoms with Crippen molar-refractivity contribution in [2.24, 2.45) is 0 Å². The first-order valence-corrected chi connectivity index (χ1v) is 13.5. The quantitative estimate of drug-likeness (QED) is 0.237. The van der Waals surface area contributed by atoms with Gasteiger partial charge >= 0.3 is 0 Å². The second-order valence-corrected chi connectivity index (χ2v) is 10.5. The molecule has 1 atom stereocenters. The molecule has 0 saturated carbocycles. The number of hydrogen-bond acceptors (Lipinski definition) is 5. The van der Waals surface area contributed by atoms with Crippen LogP contribution in [0, 0.1) is 6.92 Å². The van der Waals surface area contributed by atoms with Crippen molar-refractivity contribution in [3.63, 3.8) is 0 Å². The van der Waals surface area contributed by atoms with Gasteiger partial charge in [0.05, 0.1) is 25.2 Å². The molecule has 0 N–H and O–H groups in total. The molecule has 2 heterocycles. The summed E-state index contributed by atoms with van der Waals surface area (Å²) in [7, 11) is 1.67. The van der Waals surface area contributed by atoms with Crippen molar-refractivity contribution in [1.82, 2.24) is 0 Å². The molecule has 1 saturated heterocycles. The Morgan fingerprint density at radius 3 is 2.67 bits per heavy atom. The Kier molecular flexibility index (Phi) is 8.91. The lowest BCUT2D eigenvalue weighted by Crippen LogP contribution is -2.10. The van der Waals surface area contributed by atoms with Crippen LogP contribution < -0.4 is 4.90 Å². The van der Waals surface area contributed by atoms with Crippen LogP contribution in [0.3, 0.4) is 0 Å². The average Bonchev–Trinajstić information content (AvgIpc) is 3.55. The second kappa shape index (κ2) is 12.1. The molecule has 6 heteroatoms. The minimum absolute atomic E-state index is 0.104. The molecular formula is C30H34ClNO3S. The minimum Gasteiger partial charge on any atom is -0.496 e. The van der Waals surface area contributed by atoms with E-state index in [1.54, 1.807) is 18.4 Å². The number of aryl methyl sites for hydroxylation is 2. The molecule has 1 aliphatic heterocycles. The summed E-state index contributed by atoms with van der Waals surface area (Å²) in [5, 5.41) is 1.86. The van der Waals surface area contributed by atoms with Gasteiger partial charge in [-0.3, -0.25) is 0 Å². The molecule has 1 fully saturated rings. The lowest BCUT2D eigenvalue weighted by molar-refractivity contribution is -0.0461. The van der Waals surface area contributed by atoms with E-state index < -0.39 is 0 Å². The Hall–Kier alpha value is -2.57. The summed E-state index contributed by atoms with van der Waals surface area (Å²) >= 11 is 8.16. The first kappa shape index (κ1) is 26.5. The van der Waals surface area contributed by atoms with Gasteiger partial charge in [0.2, 0.25) is 0 Å². The number of benzene rings is 2. The topological polar surface area (TPSA) is 30.9 Å². The van der Waals surface area contributed by atoms with Crippen molar-refractivity contribution in [3.8, 4) is 0 Å². The summed E-state index contributed by atoms with van der Waals surface area (Å²) in [4.78, 5) is 3.20. The maximum atomic E-state index is 6.50. The number of thiophene rings is 1. The summed E-state index contributed by atoms with van der Waals surface area (Å²) in [6.07, 6.45) is 4.33. The van der Waals surface area contributed by atoms with Crippen LogP contribution in [0.25, 0.3) is 5.76 Å². The average molecular weight is 524 g/mol. The van der Waals surface area contributed by atoms with Gasteiger partial charge in [-0.25, -0.2) is 0 Å². The molecule has 0 spiro atoms. The van der Waals surface area contributed by atoms with Crippen LogP contribution in [0.15, 0.2) is 67.9 Å². The van der Waals surface area contributed by atoms with Crippen LogP contribution in [0.2, 0.25) is 5.02 Å². The molecule has 0 aliphatic carbocycles. The lowest BCUT2D eigenvalue weighted by Gasteiger charge is -2.22.